The van der Waals surface area contributed by atoms with Gasteiger partial charge in [0.05, 0.1) is 23.4 Å². The molecule has 0 unspecified atom stereocenters. The first-order valence-corrected chi connectivity index (χ1v) is 7.24. The van der Waals surface area contributed by atoms with Crippen LogP contribution in [0.5, 0.6) is 5.75 Å². The zero-order chi connectivity index (χ0) is 16.8. The topological polar surface area (TPSA) is 64.6 Å². The number of amides is 1. The van der Waals surface area contributed by atoms with Crippen LogP contribution in [0, 0.1) is 6.92 Å². The zero-order valence-corrected chi connectivity index (χ0v) is 13.5. The van der Waals surface area contributed by atoms with Gasteiger partial charge in [-0.25, -0.2) is 4.79 Å². The summed E-state index contributed by atoms with van der Waals surface area (Å²) in [7, 11) is 1.54. The minimum Gasteiger partial charge on any atom is -0.497 e. The summed E-state index contributed by atoms with van der Waals surface area (Å²) in [4.78, 5) is 23.7. The van der Waals surface area contributed by atoms with E-state index >= 15 is 0 Å². The molecule has 1 amide bonds. The number of halogens is 1. The van der Waals surface area contributed by atoms with Crippen LogP contribution < -0.4 is 10.1 Å². The summed E-state index contributed by atoms with van der Waals surface area (Å²) >= 11 is 6.03. The molecule has 120 valence electrons. The van der Waals surface area contributed by atoms with Gasteiger partial charge in [0, 0.05) is 0 Å². The lowest BCUT2D eigenvalue weighted by Gasteiger charge is -2.09. The summed E-state index contributed by atoms with van der Waals surface area (Å²) in [6, 6.07) is 11.7. The van der Waals surface area contributed by atoms with Crippen LogP contribution in [0.1, 0.15) is 15.9 Å². The molecule has 0 saturated carbocycles. The van der Waals surface area contributed by atoms with Crippen molar-refractivity contribution < 1.29 is 19.1 Å². The van der Waals surface area contributed by atoms with Gasteiger partial charge in [0.25, 0.3) is 5.91 Å². The van der Waals surface area contributed by atoms with Crippen molar-refractivity contribution in [3.8, 4) is 5.75 Å². The van der Waals surface area contributed by atoms with E-state index in [0.717, 1.165) is 5.56 Å². The number of methoxy groups -OCH3 is 1. The fourth-order valence-corrected chi connectivity index (χ4v) is 2.13. The molecule has 0 heterocycles. The smallest absolute Gasteiger partial charge is 0.338 e. The van der Waals surface area contributed by atoms with Crippen molar-refractivity contribution in [2.24, 2.45) is 0 Å². The third kappa shape index (κ3) is 4.72. The van der Waals surface area contributed by atoms with Gasteiger partial charge in [-0.3, -0.25) is 4.79 Å². The number of esters is 1. The van der Waals surface area contributed by atoms with E-state index < -0.39 is 18.5 Å². The predicted molar refractivity (Wildman–Crippen MR) is 88.1 cm³/mol. The molecule has 0 atom stereocenters. The van der Waals surface area contributed by atoms with Crippen molar-refractivity contribution in [3.05, 3.63) is 58.6 Å². The minimum absolute atomic E-state index is 0.340. The molecule has 1 N–H and O–H groups in total. The summed E-state index contributed by atoms with van der Waals surface area (Å²) in [5.41, 5.74) is 1.80. The molecule has 0 bridgehead atoms. The minimum atomic E-state index is -0.585. The van der Waals surface area contributed by atoms with E-state index in [2.05, 4.69) is 5.32 Å². The summed E-state index contributed by atoms with van der Waals surface area (Å²) in [5, 5.41) is 3.02. The van der Waals surface area contributed by atoms with Crippen LogP contribution in [0.4, 0.5) is 5.69 Å². The fourth-order valence-electron chi connectivity index (χ4n) is 1.85. The largest absolute Gasteiger partial charge is 0.497 e. The zero-order valence-electron chi connectivity index (χ0n) is 12.8. The first-order chi connectivity index (χ1) is 11.0. The second kappa shape index (κ2) is 7.65. The maximum Gasteiger partial charge on any atom is 0.338 e. The van der Waals surface area contributed by atoms with Crippen molar-refractivity contribution in [1.29, 1.82) is 0 Å². The van der Waals surface area contributed by atoms with Crippen LogP contribution in [0.25, 0.3) is 0 Å². The van der Waals surface area contributed by atoms with Gasteiger partial charge in [-0.05, 0) is 48.9 Å². The monoisotopic (exact) mass is 333 g/mol. The van der Waals surface area contributed by atoms with E-state index in [1.54, 1.807) is 36.4 Å². The summed E-state index contributed by atoms with van der Waals surface area (Å²) < 4.78 is 9.97. The van der Waals surface area contributed by atoms with Gasteiger partial charge in [0.2, 0.25) is 0 Å². The summed E-state index contributed by atoms with van der Waals surface area (Å²) in [6.45, 7) is 1.50. The number of hydrogen-bond donors (Lipinski definition) is 1. The number of anilines is 1. The normalized spacial score (nSPS) is 10.0. The second-order valence-electron chi connectivity index (χ2n) is 4.84. The van der Waals surface area contributed by atoms with Gasteiger partial charge < -0.3 is 14.8 Å². The molecule has 5 nitrogen and oxygen atoms in total. The maximum atomic E-state index is 11.8. The molecule has 0 saturated heterocycles. The van der Waals surface area contributed by atoms with Gasteiger partial charge in [0.1, 0.15) is 5.75 Å². The molecular weight excluding hydrogens is 318 g/mol. The lowest BCUT2D eigenvalue weighted by Crippen LogP contribution is -2.21. The highest BCUT2D eigenvalue weighted by molar-refractivity contribution is 6.33. The maximum absolute atomic E-state index is 11.8. The Balaban J connectivity index is 1.89. The molecular formula is C17H16ClNO4. The Morgan fingerprint density at radius 2 is 1.83 bits per heavy atom. The van der Waals surface area contributed by atoms with Crippen molar-refractivity contribution in [2.75, 3.05) is 19.0 Å². The molecule has 6 heteroatoms. The van der Waals surface area contributed by atoms with E-state index in [4.69, 9.17) is 21.1 Å². The molecule has 2 aromatic rings. The number of carbonyl (C=O) groups excluding carboxylic acids is 2. The van der Waals surface area contributed by atoms with Gasteiger partial charge in [-0.2, -0.15) is 0 Å². The predicted octanol–water partition coefficient (Wildman–Crippen LogP) is 3.45. The lowest BCUT2D eigenvalue weighted by molar-refractivity contribution is -0.119. The second-order valence-corrected chi connectivity index (χ2v) is 5.24. The lowest BCUT2D eigenvalue weighted by atomic mass is 10.2. The Hall–Kier alpha value is -2.53. The first kappa shape index (κ1) is 16.8. The molecule has 0 radical (unpaired) electrons. The van der Waals surface area contributed by atoms with Crippen LogP contribution in [-0.4, -0.2) is 25.6 Å². The Morgan fingerprint density at radius 3 is 2.43 bits per heavy atom. The number of benzene rings is 2. The number of rotatable bonds is 5. The quantitative estimate of drug-likeness (QED) is 0.851. The van der Waals surface area contributed by atoms with E-state index in [1.807, 2.05) is 13.0 Å². The van der Waals surface area contributed by atoms with Crippen molar-refractivity contribution in [2.45, 2.75) is 6.92 Å². The molecule has 0 spiro atoms. The number of ether oxygens (including phenoxy) is 2. The number of hydrogen-bond acceptors (Lipinski definition) is 4. The average Bonchev–Trinajstić information content (AvgIpc) is 2.55. The van der Waals surface area contributed by atoms with Crippen LogP contribution in [0.15, 0.2) is 42.5 Å². The van der Waals surface area contributed by atoms with Crippen LogP contribution >= 0.6 is 11.6 Å². The first-order valence-electron chi connectivity index (χ1n) is 6.87. The number of nitrogens with one attached hydrogen (secondary N) is 1. The van der Waals surface area contributed by atoms with Crippen molar-refractivity contribution in [1.82, 2.24) is 0 Å². The van der Waals surface area contributed by atoms with Gasteiger partial charge >= 0.3 is 5.97 Å². The Bertz CT molecular complexity index is 713. The number of aryl methyl sites for hydroxylation is 1. The summed E-state index contributed by atoms with van der Waals surface area (Å²) in [5.74, 6) is -0.413. The molecule has 23 heavy (non-hydrogen) atoms. The highest BCUT2D eigenvalue weighted by atomic mass is 35.5. The standard InChI is InChI=1S/C17H16ClNO4/c1-11-3-8-15(14(18)9-11)19-16(20)10-23-17(21)12-4-6-13(22-2)7-5-12/h3-9H,10H2,1-2H3,(H,19,20). The molecule has 0 aliphatic rings. The van der Waals surface area contributed by atoms with Gasteiger partial charge in [0.15, 0.2) is 6.61 Å². The molecule has 0 aliphatic carbocycles. The van der Waals surface area contributed by atoms with E-state index in [-0.39, 0.29) is 0 Å². The van der Waals surface area contributed by atoms with Gasteiger partial charge in [-0.15, -0.1) is 0 Å². The van der Waals surface area contributed by atoms with Crippen LogP contribution in [0.2, 0.25) is 5.02 Å². The molecule has 0 aromatic heterocycles. The SMILES string of the molecule is COc1ccc(C(=O)OCC(=O)Nc2ccc(C)cc2Cl)cc1. The van der Waals surface area contributed by atoms with E-state index in [0.29, 0.717) is 22.0 Å². The Morgan fingerprint density at radius 1 is 1.13 bits per heavy atom. The molecule has 2 aromatic carbocycles. The van der Waals surface area contributed by atoms with Crippen LogP contribution in [-0.2, 0) is 9.53 Å². The molecule has 0 aliphatic heterocycles. The summed E-state index contributed by atoms with van der Waals surface area (Å²) in [6.07, 6.45) is 0. The van der Waals surface area contributed by atoms with E-state index in [9.17, 15) is 9.59 Å². The third-order valence-electron chi connectivity index (χ3n) is 3.06. The molecule has 0 fully saturated rings. The Kier molecular flexibility index (Phi) is 5.60. The van der Waals surface area contributed by atoms with E-state index in [1.165, 1.54) is 7.11 Å². The number of carbonyl (C=O) groups is 2. The van der Waals surface area contributed by atoms with Crippen LogP contribution in [0.3, 0.4) is 0 Å². The Labute approximate surface area is 139 Å². The third-order valence-corrected chi connectivity index (χ3v) is 3.37. The molecule has 2 rings (SSSR count). The highest BCUT2D eigenvalue weighted by Gasteiger charge is 2.11. The highest BCUT2D eigenvalue weighted by Crippen LogP contribution is 2.22. The van der Waals surface area contributed by atoms with Gasteiger partial charge in [-0.1, -0.05) is 17.7 Å². The van der Waals surface area contributed by atoms with Crippen molar-refractivity contribution in [3.63, 3.8) is 0 Å². The average molecular weight is 334 g/mol. The van der Waals surface area contributed by atoms with Crippen molar-refractivity contribution >= 4 is 29.2 Å². The fraction of sp³-hybridized carbons (Fsp3) is 0.176.